The Hall–Kier alpha value is -2.35. The van der Waals surface area contributed by atoms with Crippen molar-refractivity contribution >= 4 is 15.7 Å². The summed E-state index contributed by atoms with van der Waals surface area (Å²) in [6, 6.07) is 5.29. The van der Waals surface area contributed by atoms with E-state index in [0.29, 0.717) is 24.3 Å². The summed E-state index contributed by atoms with van der Waals surface area (Å²) >= 11 is 0. The highest BCUT2D eigenvalue weighted by molar-refractivity contribution is 7.91. The molecule has 0 saturated carbocycles. The molecule has 1 saturated heterocycles. The molecule has 1 atom stereocenters. The number of aryl methyl sites for hydroxylation is 2. The molecule has 1 fully saturated rings. The lowest BCUT2D eigenvalue weighted by Crippen LogP contribution is -2.27. The molecule has 0 N–H and O–H groups in total. The van der Waals surface area contributed by atoms with E-state index in [1.165, 1.54) is 0 Å². The number of benzene rings is 1. The predicted octanol–water partition coefficient (Wildman–Crippen LogP) is 2.45. The molecule has 1 aromatic carbocycles. The average Bonchev–Trinajstić information content (AvgIpc) is 3.14. The van der Waals surface area contributed by atoms with Gasteiger partial charge in [0.05, 0.1) is 30.4 Å². The van der Waals surface area contributed by atoms with Gasteiger partial charge in [0.15, 0.2) is 9.84 Å². The summed E-state index contributed by atoms with van der Waals surface area (Å²) in [4.78, 5) is 14.5. The van der Waals surface area contributed by atoms with Crippen molar-refractivity contribution < 1.29 is 17.9 Å². The topological polar surface area (TPSA) is 81.5 Å². The molecule has 0 aliphatic carbocycles. The van der Waals surface area contributed by atoms with Gasteiger partial charge in [-0.3, -0.25) is 9.48 Å². The number of ether oxygens (including phenoxy) is 1. The van der Waals surface area contributed by atoms with Gasteiger partial charge < -0.3 is 9.64 Å². The Balaban J connectivity index is 1.81. The van der Waals surface area contributed by atoms with Crippen LogP contribution in [0.15, 0.2) is 18.2 Å². The molecular weight excluding hydrogens is 378 g/mol. The maximum Gasteiger partial charge on any atom is 0.254 e. The summed E-state index contributed by atoms with van der Waals surface area (Å²) < 4.78 is 30.8. The van der Waals surface area contributed by atoms with E-state index >= 15 is 0 Å². The molecule has 0 radical (unpaired) electrons. The Bertz CT molecular complexity index is 1010. The number of hydrogen-bond donors (Lipinski definition) is 0. The van der Waals surface area contributed by atoms with Gasteiger partial charge in [0.1, 0.15) is 5.75 Å². The highest BCUT2D eigenvalue weighted by Crippen LogP contribution is 2.27. The molecule has 2 aromatic rings. The number of aromatic nitrogens is 2. The first-order valence-corrected chi connectivity index (χ1v) is 11.1. The number of carbonyl (C=O) groups excluding carboxylic acids is 1. The minimum atomic E-state index is -2.98. The van der Waals surface area contributed by atoms with E-state index in [0.717, 1.165) is 22.5 Å². The molecule has 1 aliphatic heterocycles. The molecule has 1 amide bonds. The molecule has 3 rings (SSSR count). The molecule has 0 bridgehead atoms. The fourth-order valence-corrected chi connectivity index (χ4v) is 5.42. The average molecular weight is 406 g/mol. The monoisotopic (exact) mass is 405 g/mol. The van der Waals surface area contributed by atoms with Gasteiger partial charge in [-0.2, -0.15) is 5.10 Å². The Morgan fingerprint density at radius 3 is 2.64 bits per heavy atom. The fraction of sp³-hybridized carbons (Fsp3) is 0.500. The molecule has 8 heteroatoms. The minimum absolute atomic E-state index is 0.103. The van der Waals surface area contributed by atoms with Crippen molar-refractivity contribution in [2.75, 3.05) is 25.7 Å². The lowest BCUT2D eigenvalue weighted by atomic mass is 10.1. The summed E-state index contributed by atoms with van der Waals surface area (Å²) in [6.07, 6.45) is 0.585. The zero-order valence-corrected chi connectivity index (χ0v) is 17.8. The van der Waals surface area contributed by atoms with Crippen LogP contribution in [-0.4, -0.2) is 54.7 Å². The largest absolute Gasteiger partial charge is 0.496 e. The van der Waals surface area contributed by atoms with Crippen molar-refractivity contribution in [2.45, 2.75) is 39.8 Å². The van der Waals surface area contributed by atoms with Crippen LogP contribution in [0.3, 0.4) is 0 Å². The summed E-state index contributed by atoms with van der Waals surface area (Å²) in [5.74, 6) is 0.917. The van der Waals surface area contributed by atoms with Crippen molar-refractivity contribution in [3.8, 4) is 5.75 Å². The maximum absolute atomic E-state index is 12.9. The standard InChI is InChI=1S/C20H27N3O4S/c1-13-6-7-16(10-19(13)27-5)20(24)22(4)11-18-14(2)21-23(15(18)3)17-8-9-28(25,26)12-17/h6-7,10,17H,8-9,11-12H2,1-5H3/t17-/m0/s1. The summed E-state index contributed by atoms with van der Waals surface area (Å²) in [7, 11) is 0.359. The van der Waals surface area contributed by atoms with Crippen LogP contribution in [0.1, 0.15) is 45.3 Å². The van der Waals surface area contributed by atoms with Gasteiger partial charge in [-0.05, 0) is 44.9 Å². The number of nitrogens with zero attached hydrogens (tertiary/aromatic N) is 3. The number of sulfone groups is 1. The van der Waals surface area contributed by atoms with Crippen LogP contribution >= 0.6 is 0 Å². The van der Waals surface area contributed by atoms with E-state index in [-0.39, 0.29) is 23.5 Å². The molecule has 0 unspecified atom stereocenters. The second-order valence-electron chi connectivity index (χ2n) is 7.50. The third-order valence-electron chi connectivity index (χ3n) is 5.43. The van der Waals surface area contributed by atoms with Crippen LogP contribution in [0.25, 0.3) is 0 Å². The lowest BCUT2D eigenvalue weighted by molar-refractivity contribution is 0.0784. The first-order chi connectivity index (χ1) is 13.1. The highest BCUT2D eigenvalue weighted by Gasteiger charge is 2.31. The Morgan fingerprint density at radius 2 is 2.04 bits per heavy atom. The van der Waals surface area contributed by atoms with Crippen molar-refractivity contribution in [3.05, 3.63) is 46.3 Å². The zero-order chi connectivity index (χ0) is 20.6. The van der Waals surface area contributed by atoms with Gasteiger partial charge in [-0.15, -0.1) is 0 Å². The third-order valence-corrected chi connectivity index (χ3v) is 7.18. The van der Waals surface area contributed by atoms with Gasteiger partial charge in [-0.1, -0.05) is 6.07 Å². The minimum Gasteiger partial charge on any atom is -0.496 e. The quantitative estimate of drug-likeness (QED) is 0.763. The van der Waals surface area contributed by atoms with E-state index in [2.05, 4.69) is 5.10 Å². The zero-order valence-electron chi connectivity index (χ0n) is 17.0. The highest BCUT2D eigenvalue weighted by atomic mass is 32.2. The van der Waals surface area contributed by atoms with Gasteiger partial charge in [0.2, 0.25) is 0 Å². The van der Waals surface area contributed by atoms with Crippen molar-refractivity contribution in [1.82, 2.24) is 14.7 Å². The molecule has 1 aromatic heterocycles. The normalized spacial score (nSPS) is 18.2. The molecule has 152 valence electrons. The number of carbonyl (C=O) groups is 1. The number of hydrogen-bond acceptors (Lipinski definition) is 5. The summed E-state index contributed by atoms with van der Waals surface area (Å²) in [6.45, 7) is 6.18. The van der Waals surface area contributed by atoms with Crippen LogP contribution in [0.2, 0.25) is 0 Å². The Morgan fingerprint density at radius 1 is 1.32 bits per heavy atom. The first-order valence-electron chi connectivity index (χ1n) is 9.28. The number of methoxy groups -OCH3 is 1. The summed E-state index contributed by atoms with van der Waals surface area (Å²) in [5.41, 5.74) is 4.23. The summed E-state index contributed by atoms with van der Waals surface area (Å²) in [5, 5.41) is 4.58. The van der Waals surface area contributed by atoms with Crippen molar-refractivity contribution in [3.63, 3.8) is 0 Å². The van der Waals surface area contributed by atoms with Crippen molar-refractivity contribution in [2.24, 2.45) is 0 Å². The first kappa shape index (κ1) is 20.4. The third kappa shape index (κ3) is 3.92. The Kier molecular flexibility index (Phi) is 5.52. The molecule has 1 aliphatic rings. The molecule has 2 heterocycles. The maximum atomic E-state index is 12.9. The second-order valence-corrected chi connectivity index (χ2v) is 9.73. The number of rotatable bonds is 5. The fourth-order valence-electron chi connectivity index (χ4n) is 3.73. The molecule has 7 nitrogen and oxygen atoms in total. The van der Waals surface area contributed by atoms with Crippen LogP contribution in [0, 0.1) is 20.8 Å². The van der Waals surface area contributed by atoms with Crippen LogP contribution in [-0.2, 0) is 16.4 Å². The van der Waals surface area contributed by atoms with E-state index in [1.54, 1.807) is 31.2 Å². The van der Waals surface area contributed by atoms with Crippen LogP contribution < -0.4 is 4.74 Å². The van der Waals surface area contributed by atoms with Gasteiger partial charge >= 0.3 is 0 Å². The SMILES string of the molecule is COc1cc(C(=O)N(C)Cc2c(C)nn([C@H]3CCS(=O)(=O)C3)c2C)ccc1C. The van der Waals surface area contributed by atoms with Gasteiger partial charge in [-0.25, -0.2) is 8.42 Å². The van der Waals surface area contributed by atoms with Crippen molar-refractivity contribution in [1.29, 1.82) is 0 Å². The van der Waals surface area contributed by atoms with E-state index < -0.39 is 9.84 Å². The second kappa shape index (κ2) is 7.58. The Labute approximate surface area is 166 Å². The smallest absolute Gasteiger partial charge is 0.254 e. The molecule has 0 spiro atoms. The molecular formula is C20H27N3O4S. The van der Waals surface area contributed by atoms with E-state index in [1.807, 2.05) is 31.5 Å². The van der Waals surface area contributed by atoms with E-state index in [9.17, 15) is 13.2 Å². The van der Waals surface area contributed by atoms with Crippen LogP contribution in [0.5, 0.6) is 5.75 Å². The van der Waals surface area contributed by atoms with E-state index in [4.69, 9.17) is 4.74 Å². The van der Waals surface area contributed by atoms with Crippen LogP contribution in [0.4, 0.5) is 0 Å². The van der Waals surface area contributed by atoms with Gasteiger partial charge in [0.25, 0.3) is 5.91 Å². The predicted molar refractivity (Wildman–Crippen MR) is 108 cm³/mol. The van der Waals surface area contributed by atoms with Gasteiger partial charge in [0, 0.05) is 30.4 Å². The lowest BCUT2D eigenvalue weighted by Gasteiger charge is -2.19. The number of amides is 1. The molecule has 28 heavy (non-hydrogen) atoms.